The average molecular weight is 450 g/mol. The first-order valence-electron chi connectivity index (χ1n) is 10.7. The van der Waals surface area contributed by atoms with Crippen LogP contribution in [0.4, 0.5) is 5.82 Å². The van der Waals surface area contributed by atoms with Crippen molar-refractivity contribution in [1.82, 2.24) is 19.7 Å². The molecule has 8 heteroatoms. The minimum Gasteiger partial charge on any atom is -0.472 e. The molecular weight excluding hydrogens is 426 g/mol. The highest BCUT2D eigenvalue weighted by atomic mass is 35.5. The van der Waals surface area contributed by atoms with Gasteiger partial charge in [0.1, 0.15) is 0 Å². The second kappa shape index (κ2) is 8.31. The molecule has 4 aromatic rings. The summed E-state index contributed by atoms with van der Waals surface area (Å²) in [6.07, 6.45) is 9.09. The summed E-state index contributed by atoms with van der Waals surface area (Å²) >= 11 is 6.50. The zero-order valence-electron chi connectivity index (χ0n) is 17.9. The van der Waals surface area contributed by atoms with Gasteiger partial charge >= 0.3 is 0 Å². The van der Waals surface area contributed by atoms with Crippen molar-refractivity contribution in [3.8, 4) is 22.5 Å². The lowest BCUT2D eigenvalue weighted by Crippen LogP contribution is -2.25. The number of benzene rings is 1. The van der Waals surface area contributed by atoms with Gasteiger partial charge in [-0.15, -0.1) is 0 Å². The van der Waals surface area contributed by atoms with Crippen molar-refractivity contribution in [1.29, 1.82) is 0 Å². The molecule has 32 heavy (non-hydrogen) atoms. The number of rotatable bonds is 7. The van der Waals surface area contributed by atoms with E-state index >= 15 is 0 Å². The van der Waals surface area contributed by atoms with Gasteiger partial charge in [0.2, 0.25) is 0 Å². The summed E-state index contributed by atoms with van der Waals surface area (Å²) in [6, 6.07) is 7.64. The molecule has 0 saturated heterocycles. The van der Waals surface area contributed by atoms with E-state index < -0.39 is 0 Å². The number of furan rings is 1. The van der Waals surface area contributed by atoms with E-state index in [1.165, 1.54) is 0 Å². The van der Waals surface area contributed by atoms with E-state index in [0.29, 0.717) is 22.3 Å². The Kier molecular flexibility index (Phi) is 5.35. The molecule has 1 aliphatic rings. The second-order valence-electron chi connectivity index (χ2n) is 8.54. The number of nitrogens with zero attached hydrogens (tertiary/aromatic N) is 3. The number of aromatic nitrogens is 3. The van der Waals surface area contributed by atoms with Crippen LogP contribution in [-0.4, -0.2) is 32.9 Å². The van der Waals surface area contributed by atoms with Crippen LogP contribution in [0.15, 0.2) is 53.6 Å². The van der Waals surface area contributed by atoms with E-state index in [2.05, 4.69) is 29.5 Å². The van der Waals surface area contributed by atoms with E-state index in [4.69, 9.17) is 21.0 Å². The molecule has 3 heterocycles. The van der Waals surface area contributed by atoms with Gasteiger partial charge in [-0.1, -0.05) is 31.5 Å². The Morgan fingerprint density at radius 2 is 2.12 bits per heavy atom. The minimum atomic E-state index is -0.131. The van der Waals surface area contributed by atoms with Crippen LogP contribution >= 0.6 is 11.6 Å². The maximum absolute atomic E-state index is 12.4. The third kappa shape index (κ3) is 4.08. The molecule has 1 aliphatic carbocycles. The van der Waals surface area contributed by atoms with Crippen molar-refractivity contribution in [2.75, 3.05) is 11.9 Å². The number of halogens is 1. The van der Waals surface area contributed by atoms with E-state index in [1.54, 1.807) is 24.8 Å². The van der Waals surface area contributed by atoms with Gasteiger partial charge in [0.25, 0.3) is 5.91 Å². The summed E-state index contributed by atoms with van der Waals surface area (Å²) in [7, 11) is 0. The van der Waals surface area contributed by atoms with Crippen molar-refractivity contribution in [3.63, 3.8) is 0 Å². The van der Waals surface area contributed by atoms with Crippen LogP contribution < -0.4 is 10.6 Å². The fourth-order valence-electron chi connectivity index (χ4n) is 3.52. The van der Waals surface area contributed by atoms with E-state index in [0.717, 1.165) is 47.5 Å². The summed E-state index contributed by atoms with van der Waals surface area (Å²) < 4.78 is 7.25. The molecule has 0 bridgehead atoms. The molecule has 7 nitrogen and oxygen atoms in total. The first-order valence-corrected chi connectivity index (χ1v) is 11.1. The van der Waals surface area contributed by atoms with E-state index in [9.17, 15) is 4.79 Å². The fraction of sp³-hybridized carbons (Fsp3) is 0.292. The van der Waals surface area contributed by atoms with E-state index in [1.807, 2.05) is 28.8 Å². The first kappa shape index (κ1) is 20.6. The number of hydrogen-bond acceptors (Lipinski definition) is 5. The van der Waals surface area contributed by atoms with Gasteiger partial charge in [-0.3, -0.25) is 9.20 Å². The Labute approximate surface area is 190 Å². The summed E-state index contributed by atoms with van der Waals surface area (Å²) in [5.74, 6) is 1.03. The third-order valence-electron chi connectivity index (χ3n) is 5.41. The van der Waals surface area contributed by atoms with Gasteiger partial charge in [-0.05, 0) is 37.0 Å². The van der Waals surface area contributed by atoms with Crippen LogP contribution in [-0.2, 0) is 0 Å². The maximum atomic E-state index is 12.4. The van der Waals surface area contributed by atoms with Gasteiger partial charge in [-0.2, -0.15) is 0 Å². The summed E-state index contributed by atoms with van der Waals surface area (Å²) in [5, 5.41) is 6.81. The third-order valence-corrected chi connectivity index (χ3v) is 5.72. The van der Waals surface area contributed by atoms with Gasteiger partial charge in [0, 0.05) is 29.9 Å². The van der Waals surface area contributed by atoms with Gasteiger partial charge < -0.3 is 15.1 Å². The molecular formula is C24H24ClN5O2. The quantitative estimate of drug-likeness (QED) is 0.401. The summed E-state index contributed by atoms with van der Waals surface area (Å²) in [5.41, 5.74) is 4.57. The smallest absolute Gasteiger partial charge is 0.253 e. The molecule has 0 spiro atoms. The molecule has 0 unspecified atom stereocenters. The zero-order chi connectivity index (χ0) is 22.2. The molecule has 0 aliphatic heterocycles. The van der Waals surface area contributed by atoms with Crippen molar-refractivity contribution in [3.05, 3.63) is 59.8 Å². The van der Waals surface area contributed by atoms with Crippen LogP contribution in [0.5, 0.6) is 0 Å². The van der Waals surface area contributed by atoms with Gasteiger partial charge in [-0.25, -0.2) is 9.97 Å². The van der Waals surface area contributed by atoms with Crippen molar-refractivity contribution in [2.24, 2.45) is 5.92 Å². The number of carbonyl (C=O) groups is 1. The van der Waals surface area contributed by atoms with Crippen LogP contribution in [0.2, 0.25) is 5.02 Å². The molecule has 1 amide bonds. The van der Waals surface area contributed by atoms with Gasteiger partial charge in [0.05, 0.1) is 40.7 Å². The highest BCUT2D eigenvalue weighted by Crippen LogP contribution is 2.31. The Balaban J connectivity index is 1.56. The fourth-order valence-corrected chi connectivity index (χ4v) is 3.79. The SMILES string of the molecule is CC(C)CNc1nc(-c2ccoc2)cn2c(-c3ccc(C(=O)NC4CC4)c(Cl)c3)cnc12. The number of imidazole rings is 1. The van der Waals surface area contributed by atoms with Crippen LogP contribution in [0.3, 0.4) is 0 Å². The molecule has 1 aromatic carbocycles. The molecule has 5 rings (SSSR count). The second-order valence-corrected chi connectivity index (χ2v) is 8.95. The molecule has 1 saturated carbocycles. The lowest BCUT2D eigenvalue weighted by atomic mass is 10.1. The Morgan fingerprint density at radius 1 is 1.28 bits per heavy atom. The normalized spacial score (nSPS) is 13.6. The van der Waals surface area contributed by atoms with Crippen molar-refractivity contribution in [2.45, 2.75) is 32.7 Å². The lowest BCUT2D eigenvalue weighted by molar-refractivity contribution is 0.0951. The molecule has 2 N–H and O–H groups in total. The lowest BCUT2D eigenvalue weighted by Gasteiger charge is -2.12. The predicted octanol–water partition coefficient (Wildman–Crippen LogP) is 5.27. The number of fused-ring (bicyclic) bond motifs is 1. The van der Waals surface area contributed by atoms with Crippen molar-refractivity contribution < 1.29 is 9.21 Å². The Bertz CT molecular complexity index is 1280. The number of amides is 1. The molecule has 3 aromatic heterocycles. The van der Waals surface area contributed by atoms with Gasteiger partial charge in [0.15, 0.2) is 11.5 Å². The molecule has 0 atom stereocenters. The number of anilines is 1. The van der Waals surface area contributed by atoms with Crippen LogP contribution in [0.25, 0.3) is 28.2 Å². The molecule has 1 fully saturated rings. The summed E-state index contributed by atoms with van der Waals surface area (Å²) in [4.78, 5) is 21.8. The van der Waals surface area contributed by atoms with Crippen LogP contribution in [0, 0.1) is 5.92 Å². The van der Waals surface area contributed by atoms with Crippen molar-refractivity contribution >= 4 is 29.0 Å². The number of hydrogen-bond donors (Lipinski definition) is 2. The largest absolute Gasteiger partial charge is 0.472 e. The topological polar surface area (TPSA) is 84.5 Å². The highest BCUT2D eigenvalue weighted by Gasteiger charge is 2.25. The molecule has 0 radical (unpaired) electrons. The standard InChI is InChI=1S/C24H24ClN5O2/c1-14(2)10-26-22-23-27-11-21(30(23)12-20(29-22)16-7-8-32-13-16)15-3-6-18(19(25)9-15)24(31)28-17-4-5-17/h3,6-9,11-14,17H,4-5,10H2,1-2H3,(H,26,29)(H,28,31). The number of nitrogens with one attached hydrogen (secondary N) is 2. The summed E-state index contributed by atoms with van der Waals surface area (Å²) in [6.45, 7) is 5.06. The minimum absolute atomic E-state index is 0.131. The number of carbonyl (C=O) groups excluding carboxylic acids is 1. The van der Waals surface area contributed by atoms with E-state index in [-0.39, 0.29) is 11.9 Å². The Hall–Kier alpha value is -3.32. The monoisotopic (exact) mass is 449 g/mol. The Morgan fingerprint density at radius 3 is 2.81 bits per heavy atom. The first-order chi connectivity index (χ1) is 15.5. The maximum Gasteiger partial charge on any atom is 0.253 e. The highest BCUT2D eigenvalue weighted by molar-refractivity contribution is 6.34. The van der Waals surface area contributed by atoms with Crippen LogP contribution in [0.1, 0.15) is 37.0 Å². The zero-order valence-corrected chi connectivity index (χ0v) is 18.7. The molecule has 164 valence electrons. The predicted molar refractivity (Wildman–Crippen MR) is 125 cm³/mol. The average Bonchev–Trinajstić information content (AvgIpc) is 3.25.